The fourth-order valence-electron chi connectivity index (χ4n) is 2.69. The van der Waals surface area contributed by atoms with Crippen molar-refractivity contribution < 1.29 is 29.0 Å². The molecule has 2 aromatic rings. The van der Waals surface area contributed by atoms with E-state index in [4.69, 9.17) is 22.1 Å². The third-order valence-corrected chi connectivity index (χ3v) is 5.66. The minimum absolute atomic E-state index is 0.174. The predicted octanol–water partition coefficient (Wildman–Crippen LogP) is 3.08. The topological polar surface area (TPSA) is 113 Å². The number of aliphatic carboxylic acids is 1. The highest BCUT2D eigenvalue weighted by molar-refractivity contribution is 8.26. The normalized spacial score (nSPS) is 14.5. The molecule has 0 spiro atoms. The Labute approximate surface area is 193 Å². The van der Waals surface area contributed by atoms with E-state index in [0.717, 1.165) is 22.2 Å². The van der Waals surface area contributed by atoms with Crippen molar-refractivity contribution in [3.63, 3.8) is 0 Å². The third-order valence-electron chi connectivity index (χ3n) is 4.28. The quantitative estimate of drug-likeness (QED) is 0.361. The van der Waals surface area contributed by atoms with E-state index >= 15 is 0 Å². The van der Waals surface area contributed by atoms with Gasteiger partial charge < -0.3 is 15.2 Å². The molecule has 0 aromatic heterocycles. The van der Waals surface area contributed by atoms with E-state index in [1.807, 2.05) is 19.1 Å². The molecule has 0 bridgehead atoms. The smallest absolute Gasteiger partial charge is 0.338 e. The van der Waals surface area contributed by atoms with Crippen LogP contribution in [0.3, 0.4) is 0 Å². The summed E-state index contributed by atoms with van der Waals surface area (Å²) in [6, 6.07) is 13.4. The second-order valence-electron chi connectivity index (χ2n) is 6.77. The minimum Gasteiger partial charge on any atom is -0.480 e. The number of ether oxygens (including phenoxy) is 1. The van der Waals surface area contributed by atoms with Crippen molar-refractivity contribution in [1.29, 1.82) is 0 Å². The number of hydrogen-bond donors (Lipinski definition) is 2. The van der Waals surface area contributed by atoms with Gasteiger partial charge in [-0.3, -0.25) is 19.3 Å². The number of amides is 2. The van der Waals surface area contributed by atoms with Crippen LogP contribution in [-0.4, -0.2) is 51.2 Å². The van der Waals surface area contributed by atoms with E-state index in [1.54, 1.807) is 30.3 Å². The van der Waals surface area contributed by atoms with Gasteiger partial charge in [0.1, 0.15) is 10.9 Å². The summed E-state index contributed by atoms with van der Waals surface area (Å²) in [5.41, 5.74) is 2.53. The van der Waals surface area contributed by atoms with E-state index in [-0.39, 0.29) is 9.88 Å². The van der Waals surface area contributed by atoms with Crippen molar-refractivity contribution >= 4 is 63.8 Å². The highest BCUT2D eigenvalue weighted by atomic mass is 32.2. The Morgan fingerprint density at radius 1 is 1.12 bits per heavy atom. The van der Waals surface area contributed by atoms with Crippen LogP contribution >= 0.6 is 24.0 Å². The zero-order valence-electron chi connectivity index (χ0n) is 16.9. The lowest BCUT2D eigenvalue weighted by atomic mass is 10.1. The average Bonchev–Trinajstić information content (AvgIpc) is 3.01. The van der Waals surface area contributed by atoms with Gasteiger partial charge in [0, 0.05) is 5.69 Å². The van der Waals surface area contributed by atoms with E-state index in [9.17, 15) is 19.2 Å². The molecule has 1 aliphatic rings. The Morgan fingerprint density at radius 2 is 1.78 bits per heavy atom. The van der Waals surface area contributed by atoms with Crippen molar-refractivity contribution in [2.45, 2.75) is 6.92 Å². The maximum absolute atomic E-state index is 12.3. The number of carboxylic acids is 1. The van der Waals surface area contributed by atoms with Crippen molar-refractivity contribution in [2.24, 2.45) is 0 Å². The summed E-state index contributed by atoms with van der Waals surface area (Å²) >= 11 is 6.06. The molecule has 0 aliphatic carbocycles. The summed E-state index contributed by atoms with van der Waals surface area (Å²) in [7, 11) is 0. The van der Waals surface area contributed by atoms with E-state index in [2.05, 4.69) is 5.32 Å². The molecule has 1 heterocycles. The van der Waals surface area contributed by atoms with Crippen LogP contribution in [0, 0.1) is 6.92 Å². The van der Waals surface area contributed by atoms with Crippen LogP contribution in [-0.2, 0) is 19.1 Å². The second-order valence-corrected chi connectivity index (χ2v) is 8.45. The van der Waals surface area contributed by atoms with Crippen LogP contribution in [0.15, 0.2) is 53.4 Å². The average molecular weight is 471 g/mol. The molecule has 2 N–H and O–H groups in total. The van der Waals surface area contributed by atoms with Crippen molar-refractivity contribution in [3.05, 3.63) is 70.1 Å². The number of thioether (sulfide) groups is 1. The molecule has 8 nitrogen and oxygen atoms in total. The largest absolute Gasteiger partial charge is 0.480 e. The van der Waals surface area contributed by atoms with Crippen molar-refractivity contribution in [3.8, 4) is 0 Å². The van der Waals surface area contributed by atoms with Gasteiger partial charge >= 0.3 is 11.9 Å². The van der Waals surface area contributed by atoms with Crippen molar-refractivity contribution in [1.82, 2.24) is 4.90 Å². The van der Waals surface area contributed by atoms with E-state index in [0.29, 0.717) is 16.2 Å². The van der Waals surface area contributed by atoms with Gasteiger partial charge in [0.15, 0.2) is 6.61 Å². The summed E-state index contributed by atoms with van der Waals surface area (Å²) in [6.45, 7) is 1.01. The van der Waals surface area contributed by atoms with Crippen LogP contribution in [0.1, 0.15) is 21.5 Å². The molecule has 1 fully saturated rings. The molecular weight excluding hydrogens is 452 g/mol. The molecular formula is C22H18N2O6S2. The summed E-state index contributed by atoms with van der Waals surface area (Å²) in [5.74, 6) is -2.76. The molecule has 2 aromatic carbocycles. The second kappa shape index (κ2) is 10.2. The summed E-state index contributed by atoms with van der Waals surface area (Å²) < 4.78 is 5.21. The zero-order chi connectivity index (χ0) is 23.3. The van der Waals surface area contributed by atoms with Crippen LogP contribution in [0.4, 0.5) is 5.69 Å². The number of hydrogen-bond acceptors (Lipinski definition) is 7. The number of esters is 1. The van der Waals surface area contributed by atoms with Gasteiger partial charge in [-0.05, 0) is 42.8 Å². The third kappa shape index (κ3) is 6.02. The van der Waals surface area contributed by atoms with Crippen LogP contribution in [0.2, 0.25) is 0 Å². The lowest BCUT2D eigenvalue weighted by molar-refractivity contribution is -0.140. The first-order valence-corrected chi connectivity index (χ1v) is 10.6. The van der Waals surface area contributed by atoms with E-state index in [1.165, 1.54) is 12.1 Å². The lowest BCUT2D eigenvalue weighted by Gasteiger charge is -2.10. The summed E-state index contributed by atoms with van der Waals surface area (Å²) in [5, 5.41) is 11.5. The first kappa shape index (κ1) is 23.2. The fraction of sp³-hybridized carbons (Fsp3) is 0.136. The standard InChI is InChI=1S/C22H18N2O6S2/c1-13-2-8-16(9-3-13)23-18(25)12-30-21(29)15-6-4-14(5-7-15)10-17-20(28)24(11-19(26)27)22(31)32-17/h2-10H,11-12H2,1H3,(H,23,25)(H,26,27)/b17-10+. The number of nitrogens with one attached hydrogen (secondary N) is 1. The Hall–Kier alpha value is -3.50. The van der Waals surface area contributed by atoms with Gasteiger partial charge in [0.25, 0.3) is 11.8 Å². The van der Waals surface area contributed by atoms with Crippen LogP contribution < -0.4 is 5.32 Å². The number of rotatable bonds is 7. The van der Waals surface area contributed by atoms with Gasteiger partial charge in [0.05, 0.1) is 10.5 Å². The molecule has 1 aliphatic heterocycles. The number of thiocarbonyl (C=S) groups is 1. The van der Waals surface area contributed by atoms with Crippen LogP contribution in [0.5, 0.6) is 0 Å². The molecule has 3 rings (SSSR count). The SMILES string of the molecule is Cc1ccc(NC(=O)COC(=O)c2ccc(/C=C3/SC(=S)N(CC(=O)O)C3=O)cc2)cc1. The van der Waals surface area contributed by atoms with Gasteiger partial charge in [0.2, 0.25) is 0 Å². The van der Waals surface area contributed by atoms with Crippen molar-refractivity contribution in [2.75, 3.05) is 18.5 Å². The number of carboxylic acid groups (broad SMARTS) is 1. The molecule has 1 saturated heterocycles. The Morgan fingerprint density at radius 3 is 2.41 bits per heavy atom. The number of benzene rings is 2. The molecule has 0 unspecified atom stereocenters. The Balaban J connectivity index is 1.56. The molecule has 164 valence electrons. The Bertz CT molecular complexity index is 1110. The summed E-state index contributed by atoms with van der Waals surface area (Å²) in [4.78, 5) is 48.6. The lowest BCUT2D eigenvalue weighted by Crippen LogP contribution is -2.33. The first-order chi connectivity index (χ1) is 15.2. The fourth-order valence-corrected chi connectivity index (χ4v) is 3.94. The zero-order valence-corrected chi connectivity index (χ0v) is 18.5. The number of carbonyl (C=O) groups excluding carboxylic acids is 3. The molecule has 2 amide bonds. The van der Waals surface area contributed by atoms with Gasteiger partial charge in [-0.1, -0.05) is 53.8 Å². The maximum atomic E-state index is 12.3. The molecule has 0 radical (unpaired) electrons. The summed E-state index contributed by atoms with van der Waals surface area (Å²) in [6.07, 6.45) is 1.56. The highest BCUT2D eigenvalue weighted by Gasteiger charge is 2.33. The molecule has 0 atom stereocenters. The first-order valence-electron chi connectivity index (χ1n) is 9.34. The molecule has 0 saturated carbocycles. The maximum Gasteiger partial charge on any atom is 0.338 e. The van der Waals surface area contributed by atoms with Crippen LogP contribution in [0.25, 0.3) is 6.08 Å². The number of aryl methyl sites for hydroxylation is 1. The predicted molar refractivity (Wildman–Crippen MR) is 124 cm³/mol. The van der Waals surface area contributed by atoms with Gasteiger partial charge in [-0.15, -0.1) is 0 Å². The van der Waals surface area contributed by atoms with E-state index < -0.39 is 36.9 Å². The Kier molecular flexibility index (Phi) is 7.39. The highest BCUT2D eigenvalue weighted by Crippen LogP contribution is 2.32. The van der Waals surface area contributed by atoms with Gasteiger partial charge in [-0.2, -0.15) is 0 Å². The van der Waals surface area contributed by atoms with Gasteiger partial charge in [-0.25, -0.2) is 4.79 Å². The number of nitrogens with zero attached hydrogens (tertiary/aromatic N) is 1. The number of carbonyl (C=O) groups is 4. The minimum atomic E-state index is -1.15. The monoisotopic (exact) mass is 470 g/mol. The molecule has 32 heavy (non-hydrogen) atoms. The number of anilines is 1. The molecule has 10 heteroatoms.